The van der Waals surface area contributed by atoms with Crippen LogP contribution in [0, 0.1) is 0 Å². The number of Topliss-reactive ketones (excluding diaryl/α,β-unsaturated/α-hetero) is 1. The van der Waals surface area contributed by atoms with Crippen LogP contribution in [-0.2, 0) is 19.1 Å². The number of esters is 1. The lowest BCUT2D eigenvalue weighted by Crippen LogP contribution is -2.40. The van der Waals surface area contributed by atoms with Crippen LogP contribution in [0.15, 0.2) is 0 Å². The molecule has 0 aliphatic carbocycles. The number of ketones is 1. The van der Waals surface area contributed by atoms with Crippen molar-refractivity contribution in [1.29, 1.82) is 0 Å². The highest BCUT2D eigenvalue weighted by atomic mass is 19.3. The first-order valence-corrected chi connectivity index (χ1v) is 4.18. The predicted molar refractivity (Wildman–Crippen MR) is 43.4 cm³/mol. The average molecular weight is 228 g/mol. The molecule has 7 heteroatoms. The van der Waals surface area contributed by atoms with E-state index in [9.17, 15) is 22.8 Å². The smallest absolute Gasteiger partial charge is 0.402 e. The molecule has 15 heavy (non-hydrogen) atoms. The van der Waals surface area contributed by atoms with Gasteiger partial charge in [0.15, 0.2) is 6.67 Å². The van der Waals surface area contributed by atoms with Gasteiger partial charge in [-0.3, -0.25) is 4.79 Å². The van der Waals surface area contributed by atoms with Gasteiger partial charge in [-0.25, -0.2) is 9.18 Å². The van der Waals surface area contributed by atoms with Gasteiger partial charge in [0.1, 0.15) is 6.61 Å². The van der Waals surface area contributed by atoms with Crippen LogP contribution in [0.3, 0.4) is 0 Å². The first-order chi connectivity index (χ1) is 6.96. The van der Waals surface area contributed by atoms with E-state index in [4.69, 9.17) is 4.74 Å². The van der Waals surface area contributed by atoms with E-state index in [0.717, 1.165) is 0 Å². The number of carbonyl (C=O) groups is 2. The summed E-state index contributed by atoms with van der Waals surface area (Å²) in [6.07, 6.45) is 0. The number of hydrogen-bond acceptors (Lipinski definition) is 4. The molecular formula is C8H11F3O4. The van der Waals surface area contributed by atoms with Gasteiger partial charge in [0.25, 0.3) is 0 Å². The zero-order chi connectivity index (χ0) is 11.9. The van der Waals surface area contributed by atoms with Crippen LogP contribution >= 0.6 is 0 Å². The zero-order valence-electron chi connectivity index (χ0n) is 8.10. The van der Waals surface area contributed by atoms with E-state index in [2.05, 4.69) is 4.74 Å². The highest BCUT2D eigenvalue weighted by Crippen LogP contribution is 2.17. The molecule has 0 fully saturated rings. The van der Waals surface area contributed by atoms with E-state index in [1.54, 1.807) is 6.92 Å². The largest absolute Gasteiger partial charge is 0.458 e. The van der Waals surface area contributed by atoms with Gasteiger partial charge in [0.05, 0.1) is 6.61 Å². The lowest BCUT2D eigenvalue weighted by atomic mass is 10.2. The van der Waals surface area contributed by atoms with Crippen LogP contribution < -0.4 is 0 Å². The molecule has 0 N–H and O–H groups in total. The minimum atomic E-state index is -4.42. The Hall–Kier alpha value is -1.11. The summed E-state index contributed by atoms with van der Waals surface area (Å²) >= 11 is 0. The van der Waals surface area contributed by atoms with E-state index < -0.39 is 31.0 Å². The lowest BCUT2D eigenvalue weighted by molar-refractivity contribution is -0.178. The van der Waals surface area contributed by atoms with Crippen molar-refractivity contribution in [3.05, 3.63) is 0 Å². The van der Waals surface area contributed by atoms with E-state index in [0.29, 0.717) is 6.61 Å². The molecule has 0 aliphatic rings. The van der Waals surface area contributed by atoms with Crippen molar-refractivity contribution in [2.45, 2.75) is 12.8 Å². The Kier molecular flexibility index (Phi) is 5.92. The third-order valence-corrected chi connectivity index (χ3v) is 1.39. The second kappa shape index (κ2) is 6.39. The summed E-state index contributed by atoms with van der Waals surface area (Å²) in [6.45, 7) is -0.349. The fourth-order valence-electron chi connectivity index (χ4n) is 0.626. The maximum absolute atomic E-state index is 12.6. The lowest BCUT2D eigenvalue weighted by Gasteiger charge is -2.12. The number of alkyl halides is 3. The fraction of sp³-hybridized carbons (Fsp3) is 0.750. The molecule has 0 saturated carbocycles. The molecule has 0 aromatic carbocycles. The van der Waals surface area contributed by atoms with Crippen LogP contribution in [0.4, 0.5) is 13.2 Å². The van der Waals surface area contributed by atoms with Crippen LogP contribution in [-0.4, -0.2) is 44.2 Å². The van der Waals surface area contributed by atoms with Gasteiger partial charge in [-0.05, 0) is 6.92 Å². The summed E-state index contributed by atoms with van der Waals surface area (Å²) in [4.78, 5) is 20.9. The molecule has 0 amide bonds. The van der Waals surface area contributed by atoms with Gasteiger partial charge in [-0.15, -0.1) is 0 Å². The zero-order valence-corrected chi connectivity index (χ0v) is 8.10. The maximum Gasteiger partial charge on any atom is 0.402 e. The second-order valence-electron chi connectivity index (χ2n) is 2.46. The van der Waals surface area contributed by atoms with Crippen LogP contribution in [0.5, 0.6) is 0 Å². The van der Waals surface area contributed by atoms with Crippen molar-refractivity contribution >= 4 is 11.8 Å². The van der Waals surface area contributed by atoms with Crippen molar-refractivity contribution in [2.24, 2.45) is 0 Å². The molecule has 0 heterocycles. The molecule has 0 aliphatic heterocycles. The third-order valence-electron chi connectivity index (χ3n) is 1.39. The van der Waals surface area contributed by atoms with Crippen molar-refractivity contribution in [3.63, 3.8) is 0 Å². The van der Waals surface area contributed by atoms with Gasteiger partial charge in [0, 0.05) is 6.61 Å². The minimum absolute atomic E-state index is 0.0534. The van der Waals surface area contributed by atoms with Crippen molar-refractivity contribution in [1.82, 2.24) is 0 Å². The van der Waals surface area contributed by atoms with E-state index in [1.807, 2.05) is 0 Å². The number of rotatable bonds is 7. The molecule has 0 aromatic heterocycles. The van der Waals surface area contributed by atoms with E-state index >= 15 is 0 Å². The maximum atomic E-state index is 12.6. The summed E-state index contributed by atoms with van der Waals surface area (Å²) in [5.74, 6) is -8.57. The van der Waals surface area contributed by atoms with Gasteiger partial charge in [-0.1, -0.05) is 0 Å². The van der Waals surface area contributed by atoms with Gasteiger partial charge < -0.3 is 9.47 Å². The Morgan fingerprint density at radius 1 is 1.27 bits per heavy atom. The second-order valence-corrected chi connectivity index (χ2v) is 2.46. The Balaban J connectivity index is 4.03. The summed E-state index contributed by atoms with van der Waals surface area (Å²) in [5, 5.41) is 0. The number of ether oxygens (including phenoxy) is 2. The predicted octanol–water partition coefficient (Wildman–Crippen LogP) is 0.740. The third kappa shape index (κ3) is 4.28. The van der Waals surface area contributed by atoms with Crippen molar-refractivity contribution in [2.75, 3.05) is 26.5 Å². The molecule has 0 rings (SSSR count). The van der Waals surface area contributed by atoms with Gasteiger partial charge >= 0.3 is 11.9 Å². The van der Waals surface area contributed by atoms with Crippen LogP contribution in [0.1, 0.15) is 6.92 Å². The van der Waals surface area contributed by atoms with Crippen LogP contribution in [0.2, 0.25) is 0 Å². The summed E-state index contributed by atoms with van der Waals surface area (Å²) in [5.41, 5.74) is 0. The van der Waals surface area contributed by atoms with Crippen LogP contribution in [0.25, 0.3) is 0 Å². The Labute approximate surface area is 84.3 Å². The quantitative estimate of drug-likeness (QED) is 0.366. The Morgan fingerprint density at radius 3 is 2.33 bits per heavy atom. The molecule has 0 bridgehead atoms. The Bertz CT molecular complexity index is 230. The molecule has 0 atom stereocenters. The van der Waals surface area contributed by atoms with Gasteiger partial charge in [-0.2, -0.15) is 8.78 Å². The monoisotopic (exact) mass is 228 g/mol. The minimum Gasteiger partial charge on any atom is -0.458 e. The standard InChI is InChI=1S/C8H11F3O4/c1-2-14-3-4-15-7(13)8(10,11)6(12)5-9/h2-5H2,1H3. The molecule has 88 valence electrons. The highest BCUT2D eigenvalue weighted by molar-refractivity contribution is 6.05. The van der Waals surface area contributed by atoms with E-state index in [1.165, 1.54) is 0 Å². The summed E-state index contributed by atoms with van der Waals surface area (Å²) < 4.78 is 45.6. The average Bonchev–Trinajstić information content (AvgIpc) is 2.22. The Morgan fingerprint density at radius 2 is 1.87 bits per heavy atom. The topological polar surface area (TPSA) is 52.6 Å². The highest BCUT2D eigenvalue weighted by Gasteiger charge is 2.48. The molecule has 0 unspecified atom stereocenters. The summed E-state index contributed by atoms with van der Waals surface area (Å²) in [6, 6.07) is 0. The van der Waals surface area contributed by atoms with Crippen molar-refractivity contribution < 1.29 is 32.2 Å². The van der Waals surface area contributed by atoms with E-state index in [-0.39, 0.29) is 6.61 Å². The summed E-state index contributed by atoms with van der Waals surface area (Å²) in [7, 11) is 0. The molecule has 0 saturated heterocycles. The molecule has 0 radical (unpaired) electrons. The first kappa shape index (κ1) is 13.9. The van der Waals surface area contributed by atoms with Crippen molar-refractivity contribution in [3.8, 4) is 0 Å². The normalized spacial score (nSPS) is 11.2. The fourth-order valence-corrected chi connectivity index (χ4v) is 0.626. The first-order valence-electron chi connectivity index (χ1n) is 4.18. The molecular weight excluding hydrogens is 217 g/mol. The molecule has 0 spiro atoms. The van der Waals surface area contributed by atoms with Gasteiger partial charge in [0.2, 0.25) is 5.78 Å². The number of carbonyl (C=O) groups excluding carboxylic acids is 2. The molecule has 4 nitrogen and oxygen atoms in total. The number of hydrogen-bond donors (Lipinski definition) is 0. The SMILES string of the molecule is CCOCCOC(=O)C(F)(F)C(=O)CF. The number of halogens is 3. The molecule has 0 aromatic rings.